The van der Waals surface area contributed by atoms with Crippen LogP contribution in [0.2, 0.25) is 5.02 Å². The predicted molar refractivity (Wildman–Crippen MR) is 98.4 cm³/mol. The second kappa shape index (κ2) is 5.83. The third-order valence-electron chi connectivity index (χ3n) is 4.37. The van der Waals surface area contributed by atoms with E-state index in [0.29, 0.717) is 16.3 Å². The summed E-state index contributed by atoms with van der Waals surface area (Å²) in [6.07, 6.45) is 0. The zero-order valence-corrected chi connectivity index (χ0v) is 14.2. The maximum absolute atomic E-state index is 9.81. The highest BCUT2D eigenvalue weighted by molar-refractivity contribution is 6.30. The van der Waals surface area contributed by atoms with Crippen LogP contribution in [0.3, 0.4) is 0 Å². The molecule has 0 radical (unpaired) electrons. The molecule has 3 aromatic rings. The molecule has 0 saturated carbocycles. The molecule has 6 nitrogen and oxygen atoms in total. The van der Waals surface area contributed by atoms with Crippen LogP contribution in [0, 0.1) is 11.3 Å². The number of nitrogen functional groups attached to an aromatic ring is 2. The number of benzene rings is 2. The Kier molecular flexibility index (Phi) is 3.60. The molecular formula is C19H13ClN4O2. The smallest absolute Gasteiger partial charge is 0.227 e. The Hall–Kier alpha value is -3.43. The average molecular weight is 365 g/mol. The number of anilines is 2. The minimum Gasteiger partial charge on any atom is -0.508 e. The molecule has 26 heavy (non-hydrogen) atoms. The Morgan fingerprint density at radius 1 is 1.19 bits per heavy atom. The number of nitrogens with zero attached hydrogens (tertiary/aromatic N) is 2. The number of aromatic nitrogens is 1. The zero-order chi connectivity index (χ0) is 18.4. The molecule has 1 aliphatic heterocycles. The lowest BCUT2D eigenvalue weighted by Gasteiger charge is -2.29. The van der Waals surface area contributed by atoms with Gasteiger partial charge in [-0.05, 0) is 23.8 Å². The molecule has 1 unspecified atom stereocenters. The van der Waals surface area contributed by atoms with Crippen LogP contribution in [0.15, 0.2) is 42.5 Å². The summed E-state index contributed by atoms with van der Waals surface area (Å²) in [5.74, 6) is 0.345. The van der Waals surface area contributed by atoms with E-state index in [2.05, 4.69) is 4.98 Å². The van der Waals surface area contributed by atoms with Gasteiger partial charge in [0.25, 0.3) is 0 Å². The minimum atomic E-state index is -0.367. The first-order valence-electron chi connectivity index (χ1n) is 7.74. The highest BCUT2D eigenvalue weighted by Gasteiger charge is 2.34. The van der Waals surface area contributed by atoms with Crippen LogP contribution in [0.25, 0.3) is 0 Å². The van der Waals surface area contributed by atoms with E-state index in [1.807, 2.05) is 24.3 Å². The van der Waals surface area contributed by atoms with Gasteiger partial charge in [0.15, 0.2) is 0 Å². The van der Waals surface area contributed by atoms with Gasteiger partial charge in [-0.3, -0.25) is 0 Å². The molecule has 128 valence electrons. The van der Waals surface area contributed by atoms with E-state index < -0.39 is 0 Å². The van der Waals surface area contributed by atoms with Crippen LogP contribution in [0.1, 0.15) is 28.2 Å². The van der Waals surface area contributed by atoms with Gasteiger partial charge in [-0.2, -0.15) is 10.2 Å². The highest BCUT2D eigenvalue weighted by Crippen LogP contribution is 2.50. The van der Waals surface area contributed by atoms with Crippen LogP contribution in [-0.4, -0.2) is 10.1 Å². The number of rotatable bonds is 1. The Morgan fingerprint density at radius 3 is 2.73 bits per heavy atom. The molecule has 0 spiro atoms. The fourth-order valence-electron chi connectivity index (χ4n) is 3.23. The summed E-state index contributed by atoms with van der Waals surface area (Å²) in [7, 11) is 0. The second-order valence-electron chi connectivity index (χ2n) is 5.93. The van der Waals surface area contributed by atoms with Gasteiger partial charge in [0.1, 0.15) is 28.9 Å². The molecular weight excluding hydrogens is 352 g/mol. The maximum Gasteiger partial charge on any atom is 0.227 e. The SMILES string of the molecule is N#Cc1c(N)nc2c(c1N)C(c1cccc(Cl)c1)c1ccc(O)cc1O2. The quantitative estimate of drug-likeness (QED) is 0.473. The highest BCUT2D eigenvalue weighted by atomic mass is 35.5. The van der Waals surface area contributed by atoms with E-state index in [4.69, 9.17) is 27.8 Å². The summed E-state index contributed by atoms with van der Waals surface area (Å²) >= 11 is 6.18. The number of nitrogens with two attached hydrogens (primary N) is 2. The molecule has 0 fully saturated rings. The van der Waals surface area contributed by atoms with Gasteiger partial charge in [-0.1, -0.05) is 29.8 Å². The molecule has 5 N–H and O–H groups in total. The Morgan fingerprint density at radius 2 is 2.00 bits per heavy atom. The predicted octanol–water partition coefficient (Wildman–Crippen LogP) is 3.76. The molecule has 1 atom stereocenters. The first-order chi connectivity index (χ1) is 12.5. The normalized spacial score (nSPS) is 14.7. The number of halogens is 1. The van der Waals surface area contributed by atoms with Gasteiger partial charge >= 0.3 is 0 Å². The van der Waals surface area contributed by atoms with E-state index in [1.165, 1.54) is 6.07 Å². The van der Waals surface area contributed by atoms with Crippen LogP contribution < -0.4 is 16.2 Å². The van der Waals surface area contributed by atoms with E-state index >= 15 is 0 Å². The van der Waals surface area contributed by atoms with Crippen molar-refractivity contribution in [3.05, 3.63) is 69.7 Å². The van der Waals surface area contributed by atoms with Crippen molar-refractivity contribution in [3.63, 3.8) is 0 Å². The maximum atomic E-state index is 9.81. The van der Waals surface area contributed by atoms with E-state index in [0.717, 1.165) is 11.1 Å². The van der Waals surface area contributed by atoms with Crippen molar-refractivity contribution in [1.29, 1.82) is 5.26 Å². The average Bonchev–Trinajstić information content (AvgIpc) is 2.60. The second-order valence-corrected chi connectivity index (χ2v) is 6.36. The minimum absolute atomic E-state index is 0.00260. The first-order valence-corrected chi connectivity index (χ1v) is 8.12. The topological polar surface area (TPSA) is 118 Å². The zero-order valence-electron chi connectivity index (χ0n) is 13.4. The largest absolute Gasteiger partial charge is 0.508 e. The van der Waals surface area contributed by atoms with E-state index in [1.54, 1.807) is 18.2 Å². The molecule has 4 rings (SSSR count). The Balaban J connectivity index is 2.06. The van der Waals surface area contributed by atoms with Crippen molar-refractivity contribution in [3.8, 4) is 23.4 Å². The van der Waals surface area contributed by atoms with Crippen LogP contribution in [0.4, 0.5) is 11.5 Å². The molecule has 1 aliphatic rings. The number of ether oxygens (including phenoxy) is 1. The Labute approximate surface area is 154 Å². The molecule has 0 amide bonds. The first kappa shape index (κ1) is 16.1. The number of fused-ring (bicyclic) bond motifs is 2. The lowest BCUT2D eigenvalue weighted by molar-refractivity contribution is 0.424. The van der Waals surface area contributed by atoms with Gasteiger partial charge in [0, 0.05) is 22.6 Å². The summed E-state index contributed by atoms with van der Waals surface area (Å²) in [5, 5.41) is 19.8. The number of phenolic OH excluding ortho intramolecular Hbond substituents is 1. The fourth-order valence-corrected chi connectivity index (χ4v) is 3.43. The number of pyridine rings is 1. The van der Waals surface area contributed by atoms with E-state index in [-0.39, 0.29) is 34.6 Å². The Bertz CT molecular complexity index is 1090. The summed E-state index contributed by atoms with van der Waals surface area (Å²) in [5.41, 5.74) is 14.6. The summed E-state index contributed by atoms with van der Waals surface area (Å²) < 4.78 is 5.83. The van der Waals surface area contributed by atoms with Crippen molar-refractivity contribution in [2.75, 3.05) is 11.5 Å². The van der Waals surface area contributed by atoms with Crippen molar-refractivity contribution < 1.29 is 9.84 Å². The molecule has 0 saturated heterocycles. The van der Waals surface area contributed by atoms with Gasteiger partial charge in [0.05, 0.1) is 11.3 Å². The lowest BCUT2D eigenvalue weighted by atomic mass is 9.82. The summed E-state index contributed by atoms with van der Waals surface area (Å²) in [6.45, 7) is 0. The molecule has 0 aliphatic carbocycles. The van der Waals surface area contributed by atoms with Gasteiger partial charge in [0.2, 0.25) is 5.88 Å². The number of hydrogen-bond donors (Lipinski definition) is 3. The van der Waals surface area contributed by atoms with Gasteiger partial charge < -0.3 is 21.3 Å². The third-order valence-corrected chi connectivity index (χ3v) is 4.60. The third kappa shape index (κ3) is 2.38. The lowest BCUT2D eigenvalue weighted by Crippen LogP contribution is -2.17. The van der Waals surface area contributed by atoms with Gasteiger partial charge in [-0.15, -0.1) is 0 Å². The van der Waals surface area contributed by atoms with Crippen LogP contribution in [-0.2, 0) is 0 Å². The number of hydrogen-bond acceptors (Lipinski definition) is 6. The number of aromatic hydroxyl groups is 1. The summed E-state index contributed by atoms with van der Waals surface area (Å²) in [4.78, 5) is 4.21. The summed E-state index contributed by atoms with van der Waals surface area (Å²) in [6, 6.07) is 14.1. The van der Waals surface area contributed by atoms with E-state index in [9.17, 15) is 10.4 Å². The van der Waals surface area contributed by atoms with Crippen molar-refractivity contribution in [2.45, 2.75) is 5.92 Å². The molecule has 2 heterocycles. The van der Waals surface area contributed by atoms with Crippen molar-refractivity contribution in [1.82, 2.24) is 4.98 Å². The molecule has 2 aromatic carbocycles. The molecule has 7 heteroatoms. The van der Waals surface area contributed by atoms with Crippen LogP contribution >= 0.6 is 11.6 Å². The van der Waals surface area contributed by atoms with Crippen LogP contribution in [0.5, 0.6) is 17.4 Å². The fraction of sp³-hybridized carbons (Fsp3) is 0.0526. The monoisotopic (exact) mass is 364 g/mol. The van der Waals surface area contributed by atoms with Gasteiger partial charge in [-0.25, -0.2) is 0 Å². The number of nitriles is 1. The number of phenols is 1. The van der Waals surface area contributed by atoms with Crippen molar-refractivity contribution in [2.24, 2.45) is 0 Å². The standard InChI is InChI=1S/C19H13ClN4O2/c20-10-3-1-2-9(6-10)15-12-5-4-11(25)7-14(12)26-19-16(15)17(22)13(8-21)18(23)24-19/h1-7,15,25H,(H4,22,23,24). The molecule has 1 aromatic heterocycles. The molecule has 0 bridgehead atoms. The van der Waals surface area contributed by atoms with Crippen molar-refractivity contribution >= 4 is 23.1 Å².